The first-order chi connectivity index (χ1) is 13.7. The van der Waals surface area contributed by atoms with Gasteiger partial charge in [-0.1, -0.05) is 60.7 Å². The predicted molar refractivity (Wildman–Crippen MR) is 131 cm³/mol. The van der Waals surface area contributed by atoms with Crippen LogP contribution in [0.2, 0.25) is 0 Å². The van der Waals surface area contributed by atoms with E-state index in [2.05, 4.69) is 83.3 Å². The first-order valence-corrected chi connectivity index (χ1v) is 9.83. The Bertz CT molecular complexity index is 861. The number of halogens is 1. The standard InChI is InChI=1S/C23H29N5.HI/c1-3-24-23(25-15-20-16-27-28(2)18-20)26-17-22(21-12-8-5-9-13-21)14-19-10-6-4-7-11-19;/h4-13,16,18,22H,3,14-15,17H2,1-2H3,(H2,24,25,26);1H. The second kappa shape index (κ2) is 12.3. The summed E-state index contributed by atoms with van der Waals surface area (Å²) in [5.41, 5.74) is 3.78. The molecule has 154 valence electrons. The van der Waals surface area contributed by atoms with Gasteiger partial charge in [-0.3, -0.25) is 4.68 Å². The topological polar surface area (TPSA) is 54.2 Å². The van der Waals surface area contributed by atoms with E-state index < -0.39 is 0 Å². The summed E-state index contributed by atoms with van der Waals surface area (Å²) < 4.78 is 1.80. The summed E-state index contributed by atoms with van der Waals surface area (Å²) in [4.78, 5) is 4.71. The predicted octanol–water partition coefficient (Wildman–Crippen LogP) is 4.12. The minimum Gasteiger partial charge on any atom is -0.357 e. The molecule has 0 aliphatic heterocycles. The lowest BCUT2D eigenvalue weighted by Crippen LogP contribution is -2.39. The molecule has 6 heteroatoms. The molecule has 3 aromatic rings. The van der Waals surface area contributed by atoms with Crippen LogP contribution in [-0.2, 0) is 20.0 Å². The SMILES string of the molecule is CCNC(=NCc1cnn(C)c1)NCC(Cc1ccccc1)c1ccccc1.I. The minimum absolute atomic E-state index is 0. The van der Waals surface area contributed by atoms with Crippen LogP contribution in [0.15, 0.2) is 78.0 Å². The third-order valence-electron chi connectivity index (χ3n) is 4.63. The molecule has 1 unspecified atom stereocenters. The molecule has 29 heavy (non-hydrogen) atoms. The van der Waals surface area contributed by atoms with Gasteiger partial charge in [0.15, 0.2) is 5.96 Å². The van der Waals surface area contributed by atoms with Crippen LogP contribution in [0.1, 0.15) is 29.5 Å². The highest BCUT2D eigenvalue weighted by atomic mass is 127. The maximum atomic E-state index is 4.71. The van der Waals surface area contributed by atoms with E-state index in [9.17, 15) is 0 Å². The fourth-order valence-corrected chi connectivity index (χ4v) is 3.22. The molecule has 3 rings (SSSR count). The Morgan fingerprint density at radius 1 is 1.00 bits per heavy atom. The molecule has 0 aliphatic carbocycles. The van der Waals surface area contributed by atoms with Crippen molar-refractivity contribution >= 4 is 29.9 Å². The average Bonchev–Trinajstić information content (AvgIpc) is 3.15. The Morgan fingerprint density at radius 2 is 1.69 bits per heavy atom. The van der Waals surface area contributed by atoms with Crippen molar-refractivity contribution in [3.05, 3.63) is 89.7 Å². The number of aliphatic imine (C=N–C) groups is 1. The van der Waals surface area contributed by atoms with Gasteiger partial charge in [-0.05, 0) is 24.5 Å². The van der Waals surface area contributed by atoms with Crippen LogP contribution in [0, 0.1) is 0 Å². The van der Waals surface area contributed by atoms with Gasteiger partial charge in [0.1, 0.15) is 0 Å². The average molecular weight is 503 g/mol. The summed E-state index contributed by atoms with van der Waals surface area (Å²) in [5.74, 6) is 1.20. The lowest BCUT2D eigenvalue weighted by molar-refractivity contribution is 0.645. The van der Waals surface area contributed by atoms with Crippen LogP contribution >= 0.6 is 24.0 Å². The van der Waals surface area contributed by atoms with E-state index in [1.807, 2.05) is 19.4 Å². The van der Waals surface area contributed by atoms with Gasteiger partial charge in [0.05, 0.1) is 12.7 Å². The van der Waals surface area contributed by atoms with Crippen LogP contribution in [-0.4, -0.2) is 28.8 Å². The fourth-order valence-electron chi connectivity index (χ4n) is 3.22. The molecule has 0 saturated carbocycles. The van der Waals surface area contributed by atoms with Gasteiger partial charge in [-0.15, -0.1) is 24.0 Å². The van der Waals surface area contributed by atoms with Gasteiger partial charge < -0.3 is 10.6 Å². The number of rotatable bonds is 8. The Hall–Kier alpha value is -2.35. The van der Waals surface area contributed by atoms with Gasteiger partial charge in [-0.25, -0.2) is 4.99 Å². The number of hydrogen-bond acceptors (Lipinski definition) is 2. The molecule has 1 atom stereocenters. The van der Waals surface area contributed by atoms with Crippen molar-refractivity contribution in [1.82, 2.24) is 20.4 Å². The zero-order chi connectivity index (χ0) is 19.6. The second-order valence-corrected chi connectivity index (χ2v) is 6.90. The number of aromatic nitrogens is 2. The molecule has 2 N–H and O–H groups in total. The molecule has 1 aromatic heterocycles. The quantitative estimate of drug-likeness (QED) is 0.276. The molecule has 1 heterocycles. The number of guanidine groups is 1. The second-order valence-electron chi connectivity index (χ2n) is 6.90. The number of hydrogen-bond donors (Lipinski definition) is 2. The Kier molecular flexibility index (Phi) is 9.70. The maximum absolute atomic E-state index is 4.71. The molecule has 2 aromatic carbocycles. The first kappa shape index (κ1) is 22.9. The molecule has 0 aliphatic rings. The highest BCUT2D eigenvalue weighted by molar-refractivity contribution is 14.0. The van der Waals surface area contributed by atoms with Gasteiger partial charge >= 0.3 is 0 Å². The molecular formula is C23H30IN5. The van der Waals surface area contributed by atoms with E-state index in [1.165, 1.54) is 11.1 Å². The van der Waals surface area contributed by atoms with Crippen molar-refractivity contribution in [2.75, 3.05) is 13.1 Å². The molecule has 0 saturated heterocycles. The van der Waals surface area contributed by atoms with Gasteiger partial charge in [0.2, 0.25) is 0 Å². The summed E-state index contributed by atoms with van der Waals surface area (Å²) in [6.07, 6.45) is 4.84. The minimum atomic E-state index is 0. The zero-order valence-corrected chi connectivity index (χ0v) is 19.4. The Balaban J connectivity index is 0.00000300. The highest BCUT2D eigenvalue weighted by Crippen LogP contribution is 2.20. The van der Waals surface area contributed by atoms with E-state index in [0.717, 1.165) is 31.0 Å². The number of nitrogens with one attached hydrogen (secondary N) is 2. The van der Waals surface area contributed by atoms with Crippen LogP contribution in [0.25, 0.3) is 0 Å². The number of nitrogens with zero attached hydrogens (tertiary/aromatic N) is 3. The number of benzene rings is 2. The van der Waals surface area contributed by atoms with E-state index >= 15 is 0 Å². The molecule has 0 amide bonds. The van der Waals surface area contributed by atoms with Gasteiger partial charge in [0, 0.05) is 37.8 Å². The van der Waals surface area contributed by atoms with E-state index in [1.54, 1.807) is 4.68 Å². The van der Waals surface area contributed by atoms with Crippen LogP contribution < -0.4 is 10.6 Å². The van der Waals surface area contributed by atoms with Crippen molar-refractivity contribution in [3.63, 3.8) is 0 Å². The van der Waals surface area contributed by atoms with E-state index in [4.69, 9.17) is 4.99 Å². The molecular weight excluding hydrogens is 473 g/mol. The summed E-state index contributed by atoms with van der Waals surface area (Å²) in [6, 6.07) is 21.3. The first-order valence-electron chi connectivity index (χ1n) is 9.83. The van der Waals surface area contributed by atoms with Crippen molar-refractivity contribution in [3.8, 4) is 0 Å². The third-order valence-corrected chi connectivity index (χ3v) is 4.63. The zero-order valence-electron chi connectivity index (χ0n) is 17.1. The largest absolute Gasteiger partial charge is 0.357 e. The van der Waals surface area contributed by atoms with Gasteiger partial charge in [-0.2, -0.15) is 5.10 Å². The van der Waals surface area contributed by atoms with Crippen LogP contribution in [0.4, 0.5) is 0 Å². The summed E-state index contributed by atoms with van der Waals surface area (Å²) in [7, 11) is 1.92. The van der Waals surface area contributed by atoms with Crippen LogP contribution in [0.5, 0.6) is 0 Å². The summed E-state index contributed by atoms with van der Waals surface area (Å²) in [5, 5.41) is 11.1. The summed E-state index contributed by atoms with van der Waals surface area (Å²) in [6.45, 7) is 4.34. The fraction of sp³-hybridized carbons (Fsp3) is 0.304. The Labute approximate surface area is 190 Å². The van der Waals surface area contributed by atoms with Crippen LogP contribution in [0.3, 0.4) is 0 Å². The molecule has 0 radical (unpaired) electrons. The van der Waals surface area contributed by atoms with Gasteiger partial charge in [0.25, 0.3) is 0 Å². The molecule has 0 bridgehead atoms. The Morgan fingerprint density at radius 3 is 2.31 bits per heavy atom. The third kappa shape index (κ3) is 7.53. The normalized spacial score (nSPS) is 12.1. The maximum Gasteiger partial charge on any atom is 0.191 e. The summed E-state index contributed by atoms with van der Waals surface area (Å²) >= 11 is 0. The van der Waals surface area contributed by atoms with Crippen molar-refractivity contribution in [1.29, 1.82) is 0 Å². The lowest BCUT2D eigenvalue weighted by atomic mass is 9.92. The molecule has 0 spiro atoms. The molecule has 5 nitrogen and oxygen atoms in total. The highest BCUT2D eigenvalue weighted by Gasteiger charge is 2.13. The smallest absolute Gasteiger partial charge is 0.191 e. The number of aryl methyl sites for hydroxylation is 1. The van der Waals surface area contributed by atoms with E-state index in [0.29, 0.717) is 12.5 Å². The lowest BCUT2D eigenvalue weighted by Gasteiger charge is -2.20. The van der Waals surface area contributed by atoms with E-state index in [-0.39, 0.29) is 24.0 Å². The van der Waals surface area contributed by atoms with Crippen molar-refractivity contribution in [2.45, 2.75) is 25.8 Å². The van der Waals surface area contributed by atoms with Crippen molar-refractivity contribution in [2.24, 2.45) is 12.0 Å². The molecule has 0 fully saturated rings. The van der Waals surface area contributed by atoms with Crippen molar-refractivity contribution < 1.29 is 0 Å². The monoisotopic (exact) mass is 503 g/mol.